The van der Waals surface area contributed by atoms with Crippen molar-refractivity contribution >= 4 is 17.7 Å². The van der Waals surface area contributed by atoms with E-state index in [0.717, 1.165) is 29.0 Å². The SMILES string of the molecule is Cn1nc(-c2ccncc2)cc1CC(=O)[C@H](Cc1ccc(F)c(F)c1)NC(=O)OC(C)(C)C.Cn1nc(-c2ccncc2)cc1N. The third-order valence-corrected chi connectivity index (χ3v) is 6.70. The van der Waals surface area contributed by atoms with Gasteiger partial charge in [0.05, 0.1) is 23.9 Å². The zero-order valence-corrected chi connectivity index (χ0v) is 26.2. The minimum absolute atomic E-state index is 0.0235. The molecule has 0 aliphatic rings. The lowest BCUT2D eigenvalue weighted by Gasteiger charge is -2.23. The molecular formula is C33H36F2N8O3. The Balaban J connectivity index is 0.000000305. The number of carbonyl (C=O) groups excluding carboxylic acids is 2. The van der Waals surface area contributed by atoms with Gasteiger partial charge in [-0.2, -0.15) is 10.2 Å². The first-order valence-electron chi connectivity index (χ1n) is 14.4. The largest absolute Gasteiger partial charge is 0.444 e. The molecule has 0 bridgehead atoms. The Morgan fingerprint density at radius 3 is 1.93 bits per heavy atom. The van der Waals surface area contributed by atoms with E-state index < -0.39 is 29.4 Å². The van der Waals surface area contributed by atoms with Crippen molar-refractivity contribution in [3.8, 4) is 22.5 Å². The Morgan fingerprint density at radius 2 is 1.41 bits per heavy atom. The van der Waals surface area contributed by atoms with Gasteiger partial charge < -0.3 is 15.8 Å². The predicted molar refractivity (Wildman–Crippen MR) is 169 cm³/mol. The minimum atomic E-state index is -1.02. The molecule has 240 valence electrons. The van der Waals surface area contributed by atoms with Crippen LogP contribution in [0.2, 0.25) is 0 Å². The number of ether oxygens (including phenoxy) is 1. The second-order valence-electron chi connectivity index (χ2n) is 11.5. The fourth-order valence-corrected chi connectivity index (χ4v) is 4.38. The maximum Gasteiger partial charge on any atom is 0.408 e. The number of aryl methyl sites for hydroxylation is 2. The molecule has 4 aromatic heterocycles. The van der Waals surface area contributed by atoms with E-state index in [1.165, 1.54) is 6.07 Å². The van der Waals surface area contributed by atoms with Crippen molar-refractivity contribution in [2.45, 2.75) is 45.3 Å². The molecule has 0 fully saturated rings. The van der Waals surface area contributed by atoms with Crippen molar-refractivity contribution in [2.75, 3.05) is 5.73 Å². The summed E-state index contributed by atoms with van der Waals surface area (Å²) in [6.45, 7) is 5.11. The highest BCUT2D eigenvalue weighted by Crippen LogP contribution is 2.20. The highest BCUT2D eigenvalue weighted by Gasteiger charge is 2.26. The van der Waals surface area contributed by atoms with E-state index >= 15 is 0 Å². The van der Waals surface area contributed by atoms with E-state index in [2.05, 4.69) is 25.5 Å². The maximum absolute atomic E-state index is 13.7. The number of pyridine rings is 2. The van der Waals surface area contributed by atoms with Crippen LogP contribution in [0.15, 0.2) is 79.4 Å². The first kappa shape index (κ1) is 33.4. The fraction of sp³-hybridized carbons (Fsp3) is 0.273. The number of halogens is 2. The number of hydrogen-bond acceptors (Lipinski definition) is 8. The van der Waals surface area contributed by atoms with Gasteiger partial charge in [0.1, 0.15) is 11.4 Å². The van der Waals surface area contributed by atoms with Crippen molar-refractivity contribution in [2.24, 2.45) is 14.1 Å². The van der Waals surface area contributed by atoms with E-state index in [-0.39, 0.29) is 18.6 Å². The van der Waals surface area contributed by atoms with Crippen molar-refractivity contribution in [1.29, 1.82) is 0 Å². The molecule has 0 aliphatic heterocycles. The van der Waals surface area contributed by atoms with Gasteiger partial charge in [-0.1, -0.05) is 6.07 Å². The van der Waals surface area contributed by atoms with Crippen LogP contribution in [0.4, 0.5) is 19.4 Å². The van der Waals surface area contributed by atoms with Gasteiger partial charge in [-0.3, -0.25) is 24.1 Å². The van der Waals surface area contributed by atoms with Crippen LogP contribution in [0.5, 0.6) is 0 Å². The molecule has 5 rings (SSSR count). The van der Waals surface area contributed by atoms with Gasteiger partial charge in [-0.15, -0.1) is 0 Å². The average molecular weight is 631 g/mol. The smallest absolute Gasteiger partial charge is 0.408 e. The number of carbonyl (C=O) groups is 2. The first-order chi connectivity index (χ1) is 21.8. The van der Waals surface area contributed by atoms with Crippen molar-refractivity contribution in [3.63, 3.8) is 0 Å². The standard InChI is InChI=1S/C24H26F2N4O3.C9H10N4/c1-24(2,3)33-23(32)28-21(12-15-5-6-18(25)19(26)11-15)22(31)14-17-13-20(29-30(17)4)16-7-9-27-10-8-16;1-13-9(10)6-8(12-13)7-2-4-11-5-3-7/h5-11,13,21H,12,14H2,1-4H3,(H,28,32);2-6H,10H2,1H3/t21-;/m0./s1. The zero-order valence-electron chi connectivity index (χ0n) is 26.2. The molecule has 0 saturated heterocycles. The van der Waals surface area contributed by atoms with Gasteiger partial charge in [0.25, 0.3) is 0 Å². The summed E-state index contributed by atoms with van der Waals surface area (Å²) in [7, 11) is 3.54. The highest BCUT2D eigenvalue weighted by molar-refractivity contribution is 5.89. The van der Waals surface area contributed by atoms with E-state index in [9.17, 15) is 18.4 Å². The molecule has 0 radical (unpaired) electrons. The summed E-state index contributed by atoms with van der Waals surface area (Å²) in [4.78, 5) is 33.4. The molecule has 0 spiro atoms. The molecule has 1 amide bonds. The molecule has 5 aromatic rings. The van der Waals surface area contributed by atoms with Crippen molar-refractivity contribution in [1.82, 2.24) is 34.8 Å². The summed E-state index contributed by atoms with van der Waals surface area (Å²) < 4.78 is 35.5. The summed E-state index contributed by atoms with van der Waals surface area (Å²) in [5.74, 6) is -1.67. The van der Waals surface area contributed by atoms with Gasteiger partial charge in [-0.05, 0) is 75.2 Å². The lowest BCUT2D eigenvalue weighted by Crippen LogP contribution is -2.45. The second kappa shape index (κ2) is 14.5. The number of ketones is 1. The second-order valence-corrected chi connectivity index (χ2v) is 11.5. The van der Waals surface area contributed by atoms with Crippen LogP contribution in [-0.4, -0.2) is 53.0 Å². The number of amides is 1. The molecule has 13 heteroatoms. The molecule has 1 aromatic carbocycles. The summed E-state index contributed by atoms with van der Waals surface area (Å²) in [5.41, 5.74) is 9.34. The summed E-state index contributed by atoms with van der Waals surface area (Å²) in [6, 6.07) is 13.4. The first-order valence-corrected chi connectivity index (χ1v) is 14.4. The van der Waals surface area contributed by atoms with Crippen LogP contribution in [0.3, 0.4) is 0 Å². The van der Waals surface area contributed by atoms with E-state index in [4.69, 9.17) is 10.5 Å². The number of aromatic nitrogens is 6. The number of benzene rings is 1. The Kier molecular flexibility index (Phi) is 10.6. The quantitative estimate of drug-likeness (QED) is 0.242. The number of anilines is 1. The van der Waals surface area contributed by atoms with Crippen LogP contribution < -0.4 is 11.1 Å². The Labute approximate surface area is 265 Å². The van der Waals surface area contributed by atoms with Crippen LogP contribution in [0.25, 0.3) is 22.5 Å². The monoisotopic (exact) mass is 630 g/mol. The van der Waals surface area contributed by atoms with Gasteiger partial charge in [-0.25, -0.2) is 13.6 Å². The molecule has 46 heavy (non-hydrogen) atoms. The average Bonchev–Trinajstić information content (AvgIpc) is 3.55. The molecule has 0 aliphatic carbocycles. The van der Waals surface area contributed by atoms with Crippen LogP contribution in [0.1, 0.15) is 32.0 Å². The number of Topliss-reactive ketones (excluding diaryl/α,β-unsaturated/α-hetero) is 1. The molecule has 4 heterocycles. The van der Waals surface area contributed by atoms with Crippen molar-refractivity contribution in [3.05, 3.63) is 102 Å². The lowest BCUT2D eigenvalue weighted by atomic mass is 9.99. The van der Waals surface area contributed by atoms with Crippen molar-refractivity contribution < 1.29 is 23.1 Å². The lowest BCUT2D eigenvalue weighted by molar-refractivity contribution is -0.120. The number of nitrogen functional groups attached to an aromatic ring is 1. The molecular weight excluding hydrogens is 594 g/mol. The van der Waals surface area contributed by atoms with E-state index in [1.807, 2.05) is 37.4 Å². The Morgan fingerprint density at radius 1 is 0.848 bits per heavy atom. The summed E-state index contributed by atoms with van der Waals surface area (Å²) in [5, 5.41) is 11.3. The normalized spacial score (nSPS) is 11.7. The molecule has 0 saturated carbocycles. The third kappa shape index (κ3) is 9.27. The number of nitrogens with zero attached hydrogens (tertiary/aromatic N) is 6. The Hall–Kier alpha value is -5.46. The number of alkyl carbamates (subject to hydrolysis) is 1. The number of nitrogens with one attached hydrogen (secondary N) is 1. The number of rotatable bonds is 8. The van der Waals surface area contributed by atoms with Crippen LogP contribution in [0, 0.1) is 11.6 Å². The van der Waals surface area contributed by atoms with Gasteiger partial charge in [0, 0.05) is 61.8 Å². The summed E-state index contributed by atoms with van der Waals surface area (Å²) >= 11 is 0. The van der Waals surface area contributed by atoms with Crippen LogP contribution in [-0.2, 0) is 36.5 Å². The molecule has 1 atom stereocenters. The fourth-order valence-electron chi connectivity index (χ4n) is 4.38. The third-order valence-electron chi connectivity index (χ3n) is 6.70. The van der Waals surface area contributed by atoms with Gasteiger partial charge in [0.15, 0.2) is 17.4 Å². The topological polar surface area (TPSA) is 143 Å². The van der Waals surface area contributed by atoms with E-state index in [1.54, 1.807) is 68.0 Å². The molecule has 11 nitrogen and oxygen atoms in total. The van der Waals surface area contributed by atoms with Crippen LogP contribution >= 0.6 is 0 Å². The molecule has 3 N–H and O–H groups in total. The molecule has 0 unspecified atom stereocenters. The van der Waals surface area contributed by atoms with Gasteiger partial charge in [0.2, 0.25) is 0 Å². The summed E-state index contributed by atoms with van der Waals surface area (Å²) in [6.07, 6.45) is 5.95. The maximum atomic E-state index is 13.7. The zero-order chi connectivity index (χ0) is 33.4. The van der Waals surface area contributed by atoms with Gasteiger partial charge >= 0.3 is 6.09 Å². The highest BCUT2D eigenvalue weighted by atomic mass is 19.2. The number of hydrogen-bond donors (Lipinski definition) is 2. The Bertz CT molecular complexity index is 1760. The minimum Gasteiger partial charge on any atom is -0.444 e. The van der Waals surface area contributed by atoms with E-state index in [0.29, 0.717) is 22.8 Å². The predicted octanol–water partition coefficient (Wildman–Crippen LogP) is 5.07. The number of nitrogens with two attached hydrogens (primary N) is 1.